The monoisotopic (exact) mass is 354 g/mol. The Morgan fingerprint density at radius 2 is 1.67 bits per heavy atom. The van der Waals surface area contributed by atoms with E-state index in [0.717, 1.165) is 19.0 Å². The molecule has 24 heavy (non-hydrogen) atoms. The lowest BCUT2D eigenvalue weighted by molar-refractivity contribution is 0.0359. The summed E-state index contributed by atoms with van der Waals surface area (Å²) in [5.74, 6) is 0.751. The Hall–Kier alpha value is -0.903. The summed E-state index contributed by atoms with van der Waals surface area (Å²) in [6.07, 6.45) is 14.3. The molecule has 0 aromatic heterocycles. The van der Waals surface area contributed by atoms with Gasteiger partial charge >= 0.3 is 0 Å². The van der Waals surface area contributed by atoms with Gasteiger partial charge in [-0.2, -0.15) is 0 Å². The van der Waals surface area contributed by atoms with Crippen LogP contribution in [0.3, 0.4) is 0 Å². The molecule has 0 fully saturated rings. The van der Waals surface area contributed by atoms with E-state index in [1.54, 1.807) is 6.26 Å². The molecule has 0 saturated heterocycles. The van der Waals surface area contributed by atoms with Gasteiger partial charge in [0.25, 0.3) is 14.3 Å². The topological polar surface area (TPSA) is 27.7 Å². The summed E-state index contributed by atoms with van der Waals surface area (Å²) in [4.78, 5) is 0. The zero-order chi connectivity index (χ0) is 17.7. The molecule has 140 valence electrons. The Morgan fingerprint density at radius 1 is 1.08 bits per heavy atom. The van der Waals surface area contributed by atoms with E-state index >= 15 is 0 Å². The van der Waals surface area contributed by atoms with Gasteiger partial charge in [0.05, 0.1) is 12.9 Å². The molecule has 0 saturated carbocycles. The molecule has 0 radical (unpaired) electrons. The van der Waals surface area contributed by atoms with Crippen LogP contribution in [0.4, 0.5) is 0 Å². The SMILES string of the molecule is C/C=C(/O[C@@H]1C=COCC1)O[Si](CCCC)(CCCC)CCCC. The fourth-order valence-corrected chi connectivity index (χ4v) is 7.77. The lowest BCUT2D eigenvalue weighted by atomic mass is 10.2. The van der Waals surface area contributed by atoms with Crippen LogP contribution in [-0.4, -0.2) is 21.0 Å². The first-order valence-corrected chi connectivity index (χ1v) is 12.5. The minimum atomic E-state index is -1.78. The van der Waals surface area contributed by atoms with Gasteiger partial charge in [0.1, 0.15) is 6.10 Å². The van der Waals surface area contributed by atoms with Crippen LogP contribution in [0.25, 0.3) is 0 Å². The van der Waals surface area contributed by atoms with Gasteiger partial charge in [-0.15, -0.1) is 0 Å². The predicted molar refractivity (Wildman–Crippen MR) is 104 cm³/mol. The first kappa shape index (κ1) is 21.1. The van der Waals surface area contributed by atoms with Crippen molar-refractivity contribution in [3.63, 3.8) is 0 Å². The second-order valence-electron chi connectivity index (χ2n) is 6.85. The van der Waals surface area contributed by atoms with Gasteiger partial charge in [-0.3, -0.25) is 0 Å². The molecule has 1 atom stereocenters. The van der Waals surface area contributed by atoms with Crippen molar-refractivity contribution in [1.82, 2.24) is 0 Å². The molecule has 3 nitrogen and oxygen atoms in total. The minimum Gasteiger partial charge on any atom is -0.519 e. The Labute approximate surface area is 150 Å². The highest BCUT2D eigenvalue weighted by atomic mass is 28.4. The number of hydrogen-bond donors (Lipinski definition) is 0. The maximum atomic E-state index is 6.70. The first-order valence-electron chi connectivity index (χ1n) is 10.00. The van der Waals surface area contributed by atoms with Crippen LogP contribution in [0.1, 0.15) is 72.6 Å². The normalized spacial score (nSPS) is 18.3. The molecule has 0 N–H and O–H groups in total. The average Bonchev–Trinajstić information content (AvgIpc) is 2.63. The molecule has 0 amide bonds. The fraction of sp³-hybridized carbons (Fsp3) is 0.800. The molecule has 1 aliphatic rings. The van der Waals surface area contributed by atoms with Crippen molar-refractivity contribution in [2.24, 2.45) is 0 Å². The van der Waals surface area contributed by atoms with E-state index < -0.39 is 8.32 Å². The number of rotatable bonds is 13. The van der Waals surface area contributed by atoms with E-state index in [0.29, 0.717) is 0 Å². The van der Waals surface area contributed by atoms with Gasteiger partial charge in [0, 0.05) is 6.42 Å². The largest absolute Gasteiger partial charge is 0.519 e. The Morgan fingerprint density at radius 3 is 2.08 bits per heavy atom. The molecule has 0 aliphatic carbocycles. The van der Waals surface area contributed by atoms with E-state index in [1.165, 1.54) is 56.7 Å². The van der Waals surface area contributed by atoms with Gasteiger partial charge in [0.15, 0.2) is 0 Å². The number of unbranched alkanes of at least 4 members (excludes halogenated alkanes) is 3. The lowest BCUT2D eigenvalue weighted by Crippen LogP contribution is -2.38. The van der Waals surface area contributed by atoms with Crippen LogP contribution in [0.5, 0.6) is 0 Å². The molecule has 1 aliphatic heterocycles. The van der Waals surface area contributed by atoms with Crippen molar-refractivity contribution in [3.05, 3.63) is 24.4 Å². The fourth-order valence-electron chi connectivity index (χ4n) is 3.13. The molecule has 0 unspecified atom stereocenters. The molecule has 0 spiro atoms. The third kappa shape index (κ3) is 7.78. The van der Waals surface area contributed by atoms with E-state index in [4.69, 9.17) is 13.9 Å². The number of allylic oxidation sites excluding steroid dienone is 1. The van der Waals surface area contributed by atoms with Crippen LogP contribution in [0.15, 0.2) is 24.4 Å². The Balaban J connectivity index is 2.79. The lowest BCUT2D eigenvalue weighted by Gasteiger charge is -2.34. The highest BCUT2D eigenvalue weighted by Crippen LogP contribution is 2.32. The zero-order valence-corrected chi connectivity index (χ0v) is 17.3. The van der Waals surface area contributed by atoms with Gasteiger partial charge in [0.2, 0.25) is 0 Å². The summed E-state index contributed by atoms with van der Waals surface area (Å²) < 4.78 is 18.1. The molecule has 0 aromatic carbocycles. The van der Waals surface area contributed by atoms with E-state index in [9.17, 15) is 0 Å². The van der Waals surface area contributed by atoms with E-state index in [2.05, 4.69) is 20.8 Å². The van der Waals surface area contributed by atoms with Crippen LogP contribution in [0.2, 0.25) is 18.1 Å². The summed E-state index contributed by atoms with van der Waals surface area (Å²) >= 11 is 0. The van der Waals surface area contributed by atoms with Crippen LogP contribution < -0.4 is 0 Å². The van der Waals surface area contributed by atoms with Crippen molar-refractivity contribution in [1.29, 1.82) is 0 Å². The maximum Gasteiger partial charge on any atom is 0.261 e. The summed E-state index contributed by atoms with van der Waals surface area (Å²) in [5, 5.41) is 0. The van der Waals surface area contributed by atoms with E-state index in [-0.39, 0.29) is 6.10 Å². The average molecular weight is 355 g/mol. The highest BCUT2D eigenvalue weighted by Gasteiger charge is 2.36. The molecule has 0 bridgehead atoms. The predicted octanol–water partition coefficient (Wildman–Crippen LogP) is 6.53. The highest BCUT2D eigenvalue weighted by molar-refractivity contribution is 6.74. The van der Waals surface area contributed by atoms with Crippen molar-refractivity contribution in [2.45, 2.75) is 96.9 Å². The molecular weight excluding hydrogens is 316 g/mol. The zero-order valence-electron chi connectivity index (χ0n) is 16.3. The smallest absolute Gasteiger partial charge is 0.261 e. The van der Waals surface area contributed by atoms with Crippen molar-refractivity contribution < 1.29 is 13.9 Å². The maximum absolute atomic E-state index is 6.70. The van der Waals surface area contributed by atoms with Gasteiger partial charge in [-0.05, 0) is 37.2 Å². The van der Waals surface area contributed by atoms with Crippen molar-refractivity contribution in [3.8, 4) is 0 Å². The van der Waals surface area contributed by atoms with Crippen molar-refractivity contribution >= 4 is 8.32 Å². The Kier molecular flexibility index (Phi) is 11.0. The summed E-state index contributed by atoms with van der Waals surface area (Å²) in [5.41, 5.74) is 0. The van der Waals surface area contributed by atoms with Gasteiger partial charge in [-0.25, -0.2) is 0 Å². The van der Waals surface area contributed by atoms with Crippen LogP contribution in [0, 0.1) is 0 Å². The molecule has 4 heteroatoms. The molecule has 1 rings (SSSR count). The molecule has 0 aromatic rings. The summed E-state index contributed by atoms with van der Waals surface area (Å²) in [7, 11) is -1.78. The third-order valence-corrected chi connectivity index (χ3v) is 9.12. The summed E-state index contributed by atoms with van der Waals surface area (Å²) in [6.45, 7) is 9.58. The number of hydrogen-bond acceptors (Lipinski definition) is 3. The third-order valence-electron chi connectivity index (χ3n) is 4.69. The quantitative estimate of drug-likeness (QED) is 0.278. The standard InChI is InChI=1S/C20H38O3Si/c1-5-9-16-24(17-10-6-2,18-11-7-3)23-20(8-4)22-19-12-14-21-15-13-19/h8,12,14,19H,5-7,9-11,13,15-18H2,1-4H3/b20-8-/t19-/m1/s1. The first-order chi connectivity index (χ1) is 11.7. The molecular formula is C20H38O3Si. The second-order valence-corrected chi connectivity index (χ2v) is 10.9. The Bertz CT molecular complexity index is 357. The molecule has 1 heterocycles. The van der Waals surface area contributed by atoms with E-state index in [1.807, 2.05) is 19.1 Å². The minimum absolute atomic E-state index is 0.0835. The van der Waals surface area contributed by atoms with Gasteiger partial charge < -0.3 is 13.9 Å². The van der Waals surface area contributed by atoms with Crippen LogP contribution >= 0.6 is 0 Å². The van der Waals surface area contributed by atoms with Crippen molar-refractivity contribution in [2.75, 3.05) is 6.61 Å². The number of ether oxygens (including phenoxy) is 2. The van der Waals surface area contributed by atoms with Gasteiger partial charge in [-0.1, -0.05) is 59.3 Å². The second kappa shape index (κ2) is 12.5. The van der Waals surface area contributed by atoms with Crippen LogP contribution in [-0.2, 0) is 13.9 Å². The summed E-state index contributed by atoms with van der Waals surface area (Å²) in [6, 6.07) is 3.77.